The molecule has 31 heavy (non-hydrogen) atoms. The molecule has 1 aromatic heterocycles. The van der Waals surface area contributed by atoms with Gasteiger partial charge in [0, 0.05) is 28.1 Å². The fourth-order valence-corrected chi connectivity index (χ4v) is 4.11. The third kappa shape index (κ3) is 3.68. The SMILES string of the molecule is Cc1ccc(C)c(N2C(=O)C(=O)/C(=C(\O)c3ccc(Br)c(C)c3)C2c2cccnc2)c1. The molecule has 0 spiro atoms. The quantitative estimate of drug-likeness (QED) is 0.312. The average Bonchev–Trinajstić information content (AvgIpc) is 3.02. The number of halogens is 1. The van der Waals surface area contributed by atoms with E-state index in [2.05, 4.69) is 20.9 Å². The van der Waals surface area contributed by atoms with Gasteiger partial charge in [-0.15, -0.1) is 0 Å². The molecule has 1 fully saturated rings. The highest BCUT2D eigenvalue weighted by Crippen LogP contribution is 2.43. The van der Waals surface area contributed by atoms with Gasteiger partial charge in [-0.1, -0.05) is 40.2 Å². The van der Waals surface area contributed by atoms with E-state index in [1.54, 1.807) is 30.6 Å². The fourth-order valence-electron chi connectivity index (χ4n) is 3.86. The molecule has 1 N–H and O–H groups in total. The Labute approximate surface area is 189 Å². The van der Waals surface area contributed by atoms with E-state index in [4.69, 9.17) is 0 Å². The minimum atomic E-state index is -0.779. The Hall–Kier alpha value is -3.25. The number of aliphatic hydroxyl groups is 1. The lowest BCUT2D eigenvalue weighted by Crippen LogP contribution is -2.30. The molecule has 6 heteroatoms. The molecule has 0 aliphatic carbocycles. The molecule has 5 nitrogen and oxygen atoms in total. The van der Waals surface area contributed by atoms with Crippen molar-refractivity contribution in [2.24, 2.45) is 0 Å². The van der Waals surface area contributed by atoms with Crippen LogP contribution < -0.4 is 4.90 Å². The van der Waals surface area contributed by atoms with Crippen LogP contribution in [0.4, 0.5) is 5.69 Å². The zero-order valence-electron chi connectivity index (χ0n) is 17.4. The Kier molecular flexibility index (Phi) is 5.50. The van der Waals surface area contributed by atoms with E-state index in [0.717, 1.165) is 21.2 Å². The van der Waals surface area contributed by atoms with Crippen LogP contribution in [0, 0.1) is 20.8 Å². The van der Waals surface area contributed by atoms with Crippen LogP contribution in [0.5, 0.6) is 0 Å². The maximum atomic E-state index is 13.2. The number of benzene rings is 2. The molecule has 1 unspecified atom stereocenters. The van der Waals surface area contributed by atoms with Crippen LogP contribution in [0.15, 0.2) is 71.0 Å². The van der Waals surface area contributed by atoms with Gasteiger partial charge in [-0.05, 0) is 67.3 Å². The number of nitrogens with zero attached hydrogens (tertiary/aromatic N) is 2. The Bertz CT molecular complexity index is 1230. The number of ketones is 1. The van der Waals surface area contributed by atoms with Crippen LogP contribution in [0.25, 0.3) is 5.76 Å². The number of pyridine rings is 1. The molecule has 1 aliphatic heterocycles. The minimum absolute atomic E-state index is 0.0561. The lowest BCUT2D eigenvalue weighted by atomic mass is 9.95. The van der Waals surface area contributed by atoms with Crippen molar-refractivity contribution >= 4 is 39.1 Å². The van der Waals surface area contributed by atoms with Crippen molar-refractivity contribution in [2.75, 3.05) is 4.90 Å². The van der Waals surface area contributed by atoms with Crippen molar-refractivity contribution < 1.29 is 14.7 Å². The molecule has 0 radical (unpaired) electrons. The monoisotopic (exact) mass is 476 g/mol. The molecule has 2 heterocycles. The molecule has 1 atom stereocenters. The molecule has 3 aromatic rings. The molecule has 0 bridgehead atoms. The van der Waals surface area contributed by atoms with E-state index in [1.807, 2.05) is 51.1 Å². The topological polar surface area (TPSA) is 70.5 Å². The molecule has 4 rings (SSSR count). The number of aryl methyl sites for hydroxylation is 3. The fraction of sp³-hybridized carbons (Fsp3) is 0.160. The Balaban J connectivity index is 1.98. The molecule has 156 valence electrons. The van der Waals surface area contributed by atoms with Gasteiger partial charge in [0.05, 0.1) is 11.6 Å². The first-order valence-corrected chi connectivity index (χ1v) is 10.6. The van der Waals surface area contributed by atoms with Crippen molar-refractivity contribution in [3.8, 4) is 0 Å². The summed E-state index contributed by atoms with van der Waals surface area (Å²) in [5.41, 5.74) is 4.57. The van der Waals surface area contributed by atoms with Crippen LogP contribution in [0.2, 0.25) is 0 Å². The first-order valence-electron chi connectivity index (χ1n) is 9.84. The highest BCUT2D eigenvalue weighted by atomic mass is 79.9. The maximum absolute atomic E-state index is 13.2. The lowest BCUT2D eigenvalue weighted by Gasteiger charge is -2.27. The van der Waals surface area contributed by atoms with Gasteiger partial charge in [-0.2, -0.15) is 0 Å². The number of carbonyl (C=O) groups excluding carboxylic acids is 2. The van der Waals surface area contributed by atoms with Crippen LogP contribution >= 0.6 is 15.9 Å². The third-order valence-electron chi connectivity index (χ3n) is 5.50. The van der Waals surface area contributed by atoms with Crippen LogP contribution in [0.1, 0.15) is 33.9 Å². The number of anilines is 1. The molecular weight excluding hydrogens is 456 g/mol. The van der Waals surface area contributed by atoms with E-state index in [-0.39, 0.29) is 11.3 Å². The van der Waals surface area contributed by atoms with Crippen molar-refractivity contribution in [1.29, 1.82) is 0 Å². The summed E-state index contributed by atoms with van der Waals surface area (Å²) in [6.07, 6.45) is 3.25. The van der Waals surface area contributed by atoms with Gasteiger partial charge in [0.1, 0.15) is 5.76 Å². The van der Waals surface area contributed by atoms with Crippen LogP contribution in [0.3, 0.4) is 0 Å². The summed E-state index contributed by atoms with van der Waals surface area (Å²) >= 11 is 3.45. The predicted molar refractivity (Wildman–Crippen MR) is 124 cm³/mol. The van der Waals surface area contributed by atoms with Gasteiger partial charge < -0.3 is 5.11 Å². The first kappa shape index (κ1) is 21.0. The van der Waals surface area contributed by atoms with Crippen molar-refractivity contribution in [1.82, 2.24) is 4.98 Å². The summed E-state index contributed by atoms with van der Waals surface area (Å²) in [5, 5.41) is 11.2. The summed E-state index contributed by atoms with van der Waals surface area (Å²) in [6.45, 7) is 5.73. The second kappa shape index (κ2) is 8.12. The average molecular weight is 477 g/mol. The number of aromatic nitrogens is 1. The number of rotatable bonds is 3. The van der Waals surface area contributed by atoms with Gasteiger partial charge in [0.15, 0.2) is 0 Å². The molecule has 1 amide bonds. The molecule has 0 saturated carbocycles. The van der Waals surface area contributed by atoms with E-state index < -0.39 is 17.7 Å². The highest BCUT2D eigenvalue weighted by Gasteiger charge is 2.47. The second-order valence-electron chi connectivity index (χ2n) is 7.71. The molecule has 1 saturated heterocycles. The van der Waals surface area contributed by atoms with Gasteiger partial charge in [-0.25, -0.2) is 0 Å². The molecule has 1 aliphatic rings. The smallest absolute Gasteiger partial charge is 0.300 e. The van der Waals surface area contributed by atoms with Gasteiger partial charge in [0.2, 0.25) is 0 Å². The minimum Gasteiger partial charge on any atom is -0.507 e. The summed E-state index contributed by atoms with van der Waals surface area (Å²) in [6, 6.07) is 13.9. The number of Topliss-reactive ketones (excluding diaryl/α,β-unsaturated/α-hetero) is 1. The summed E-state index contributed by atoms with van der Waals surface area (Å²) in [7, 11) is 0. The van der Waals surface area contributed by atoms with Crippen molar-refractivity contribution in [3.63, 3.8) is 0 Å². The Morgan fingerprint density at radius 1 is 1.03 bits per heavy atom. The number of hydrogen-bond donors (Lipinski definition) is 1. The number of hydrogen-bond acceptors (Lipinski definition) is 4. The maximum Gasteiger partial charge on any atom is 0.300 e. The number of carbonyl (C=O) groups is 2. The number of amides is 1. The summed E-state index contributed by atoms with van der Waals surface area (Å²) < 4.78 is 0.892. The normalized spacial score (nSPS) is 17.9. The van der Waals surface area contributed by atoms with E-state index in [9.17, 15) is 14.7 Å². The molecular formula is C25H21BrN2O3. The van der Waals surface area contributed by atoms with Gasteiger partial charge in [-0.3, -0.25) is 19.5 Å². The van der Waals surface area contributed by atoms with E-state index in [1.165, 1.54) is 4.90 Å². The van der Waals surface area contributed by atoms with Crippen molar-refractivity contribution in [3.05, 3.63) is 98.8 Å². The zero-order chi connectivity index (χ0) is 22.3. The third-order valence-corrected chi connectivity index (χ3v) is 6.39. The predicted octanol–water partition coefficient (Wildman–Crippen LogP) is 5.40. The van der Waals surface area contributed by atoms with E-state index in [0.29, 0.717) is 16.8 Å². The van der Waals surface area contributed by atoms with Crippen molar-refractivity contribution in [2.45, 2.75) is 26.8 Å². The van der Waals surface area contributed by atoms with Crippen LogP contribution in [-0.2, 0) is 9.59 Å². The zero-order valence-corrected chi connectivity index (χ0v) is 19.0. The number of aliphatic hydroxyl groups excluding tert-OH is 1. The first-order chi connectivity index (χ1) is 14.8. The Morgan fingerprint density at radius 3 is 2.48 bits per heavy atom. The second-order valence-corrected chi connectivity index (χ2v) is 8.56. The summed E-state index contributed by atoms with van der Waals surface area (Å²) in [4.78, 5) is 32.1. The standard InChI is InChI=1S/C25H21BrN2O3/c1-14-6-7-15(2)20(11-14)28-22(18-5-4-10-27-13-18)21(24(30)25(28)31)23(29)17-8-9-19(26)16(3)12-17/h4-13,22,29H,1-3H3/b23-21-. The van der Waals surface area contributed by atoms with Gasteiger partial charge >= 0.3 is 0 Å². The highest BCUT2D eigenvalue weighted by molar-refractivity contribution is 9.10. The molecule has 2 aromatic carbocycles. The van der Waals surface area contributed by atoms with Crippen LogP contribution in [-0.4, -0.2) is 21.8 Å². The Morgan fingerprint density at radius 2 is 1.81 bits per heavy atom. The van der Waals surface area contributed by atoms with Gasteiger partial charge in [0.25, 0.3) is 11.7 Å². The largest absolute Gasteiger partial charge is 0.507 e. The lowest BCUT2D eigenvalue weighted by molar-refractivity contribution is -0.132. The van der Waals surface area contributed by atoms with E-state index >= 15 is 0 Å². The summed E-state index contributed by atoms with van der Waals surface area (Å²) in [5.74, 6) is -1.58.